The highest BCUT2D eigenvalue weighted by atomic mass is 28.4. The first kappa shape index (κ1) is 19.6. The van der Waals surface area contributed by atoms with Gasteiger partial charge in [0, 0.05) is 10.4 Å². The molecule has 10 heteroatoms. The number of aromatic nitrogens is 2. The van der Waals surface area contributed by atoms with Crippen LogP contribution in [0.25, 0.3) is 0 Å². The highest BCUT2D eigenvalue weighted by Crippen LogP contribution is 2.03. The molecule has 142 valence electrons. The molecule has 1 aromatic heterocycles. The second-order valence-corrected chi connectivity index (χ2v) is 10.0. The minimum Gasteiger partial charge on any atom is -0.386 e. The van der Waals surface area contributed by atoms with Crippen LogP contribution in [0.3, 0.4) is 0 Å². The van der Waals surface area contributed by atoms with E-state index in [0.29, 0.717) is 13.1 Å². The molecule has 0 spiro atoms. The van der Waals surface area contributed by atoms with Crippen LogP contribution in [0.1, 0.15) is 11.1 Å². The van der Waals surface area contributed by atoms with E-state index in [2.05, 4.69) is 6.33 Å². The maximum atomic E-state index is 9.27. The summed E-state index contributed by atoms with van der Waals surface area (Å²) in [5, 5.41) is 0.254. The van der Waals surface area contributed by atoms with E-state index in [1.807, 2.05) is 21.5 Å². The zero-order valence-corrected chi connectivity index (χ0v) is 16.3. The predicted octanol–water partition coefficient (Wildman–Crippen LogP) is -3.08. The minimum atomic E-state index is -4.27. The summed E-state index contributed by atoms with van der Waals surface area (Å²) in [5.74, 6) is 0. The maximum Gasteiger partial charge on any atom is 0.528 e. The molecule has 27 heavy (non-hydrogen) atoms. The second kappa shape index (κ2) is 7.46. The Kier molecular flexibility index (Phi) is 5.41. The summed E-state index contributed by atoms with van der Waals surface area (Å²) in [6.07, 6.45) is 6.85. The van der Waals surface area contributed by atoms with Crippen LogP contribution in [0.5, 0.6) is 0 Å². The first-order valence-corrected chi connectivity index (χ1v) is 11.8. The lowest BCUT2D eigenvalue weighted by atomic mass is 10.2. The van der Waals surface area contributed by atoms with Crippen molar-refractivity contribution in [3.63, 3.8) is 0 Å². The number of benzene rings is 2. The Morgan fingerprint density at radius 3 is 1.70 bits per heavy atom. The first-order valence-electron chi connectivity index (χ1n) is 8.12. The standard InChI is InChI=1S/C17H20N2O6Si2/c20-26(21,22)16-5-1-14(2-6-16)11-18-9-10-19(13-18)12-15-3-7-17(8-4-15)27(23,24)25/h1-10,20-25H,11-12H2. The van der Waals surface area contributed by atoms with Crippen molar-refractivity contribution in [2.75, 3.05) is 0 Å². The van der Waals surface area contributed by atoms with Crippen LogP contribution in [0.4, 0.5) is 0 Å². The van der Waals surface area contributed by atoms with Crippen LogP contribution in [0, 0.1) is 6.33 Å². The van der Waals surface area contributed by atoms with Gasteiger partial charge in [-0.2, -0.15) is 0 Å². The molecule has 0 aliphatic rings. The van der Waals surface area contributed by atoms with Gasteiger partial charge in [0.05, 0.1) is 13.1 Å². The summed E-state index contributed by atoms with van der Waals surface area (Å²) in [6, 6.07) is 12.8. The monoisotopic (exact) mass is 404 g/mol. The second-order valence-electron chi connectivity index (χ2n) is 6.32. The molecule has 3 aromatic rings. The number of hydrogen-bond acceptors (Lipinski definition) is 6. The predicted molar refractivity (Wildman–Crippen MR) is 98.6 cm³/mol. The Labute approximate surface area is 157 Å². The summed E-state index contributed by atoms with van der Waals surface area (Å²) in [6.45, 7) is 1.05. The van der Waals surface area contributed by atoms with Gasteiger partial charge in [0.2, 0.25) is 6.33 Å². The van der Waals surface area contributed by atoms with Gasteiger partial charge in [-0.05, 0) is 23.5 Å². The van der Waals surface area contributed by atoms with Gasteiger partial charge >= 0.3 is 17.6 Å². The Hall–Kier alpha value is -2.16. The smallest absolute Gasteiger partial charge is 0.386 e. The summed E-state index contributed by atoms with van der Waals surface area (Å²) in [7, 11) is -8.53. The number of rotatable bonds is 6. The molecule has 0 atom stereocenters. The van der Waals surface area contributed by atoms with E-state index in [9.17, 15) is 28.8 Å². The minimum absolute atomic E-state index is 0.127. The van der Waals surface area contributed by atoms with Crippen LogP contribution < -0.4 is 14.9 Å². The molecule has 0 unspecified atom stereocenters. The molecule has 2 aromatic carbocycles. The van der Waals surface area contributed by atoms with E-state index in [-0.39, 0.29) is 10.4 Å². The van der Waals surface area contributed by atoms with Crippen molar-refractivity contribution in [2.45, 2.75) is 13.1 Å². The van der Waals surface area contributed by atoms with Crippen molar-refractivity contribution in [3.05, 3.63) is 78.4 Å². The molecule has 0 fully saturated rings. The molecule has 0 radical (unpaired) electrons. The van der Waals surface area contributed by atoms with Crippen LogP contribution in [-0.4, -0.2) is 50.9 Å². The summed E-state index contributed by atoms with van der Waals surface area (Å²) < 4.78 is 3.66. The van der Waals surface area contributed by atoms with Gasteiger partial charge in [-0.1, -0.05) is 48.5 Å². The summed E-state index contributed by atoms with van der Waals surface area (Å²) in [4.78, 5) is 55.6. The third-order valence-corrected chi connectivity index (χ3v) is 6.29. The Bertz CT molecular complexity index is 825. The Morgan fingerprint density at radius 2 is 1.22 bits per heavy atom. The largest absolute Gasteiger partial charge is 0.528 e. The number of imidazole rings is 1. The third-order valence-electron chi connectivity index (χ3n) is 4.07. The quantitative estimate of drug-likeness (QED) is 0.147. The molecule has 1 heterocycles. The normalized spacial score (nSPS) is 12.4. The summed E-state index contributed by atoms with van der Waals surface area (Å²) in [5.41, 5.74) is 1.82. The van der Waals surface area contributed by atoms with Gasteiger partial charge in [-0.15, -0.1) is 0 Å². The van der Waals surface area contributed by atoms with Crippen LogP contribution in [-0.2, 0) is 13.1 Å². The number of hydrogen-bond donors (Lipinski definition) is 6. The van der Waals surface area contributed by atoms with E-state index >= 15 is 0 Å². The Balaban J connectivity index is 1.65. The van der Waals surface area contributed by atoms with E-state index in [1.165, 1.54) is 24.3 Å². The SMILES string of the molecule is O[Si](O)(O)c1ccc(Cn2[c-][n+](Cc3ccc([Si](O)(O)O)cc3)cc2)cc1. The van der Waals surface area contributed by atoms with E-state index in [4.69, 9.17) is 0 Å². The van der Waals surface area contributed by atoms with Gasteiger partial charge < -0.3 is 37.9 Å². The van der Waals surface area contributed by atoms with E-state index < -0.39 is 17.6 Å². The maximum absolute atomic E-state index is 9.27. The topological polar surface area (TPSA) is 130 Å². The van der Waals surface area contributed by atoms with Gasteiger partial charge in [0.15, 0.2) is 0 Å². The van der Waals surface area contributed by atoms with Crippen molar-refractivity contribution in [3.8, 4) is 0 Å². The number of nitrogens with zero attached hydrogens (tertiary/aromatic N) is 2. The van der Waals surface area contributed by atoms with E-state index in [0.717, 1.165) is 11.1 Å². The molecular weight excluding hydrogens is 384 g/mol. The molecule has 3 rings (SSSR count). The zero-order valence-electron chi connectivity index (χ0n) is 14.3. The fourth-order valence-corrected chi connectivity index (χ4v) is 3.86. The molecule has 0 bridgehead atoms. The highest BCUT2D eigenvalue weighted by Gasteiger charge is 2.30. The van der Waals surface area contributed by atoms with Gasteiger partial charge in [-0.3, -0.25) is 0 Å². The molecule has 6 N–H and O–H groups in total. The van der Waals surface area contributed by atoms with Crippen molar-refractivity contribution in [1.29, 1.82) is 0 Å². The van der Waals surface area contributed by atoms with Crippen molar-refractivity contribution < 1.29 is 33.3 Å². The van der Waals surface area contributed by atoms with Crippen LogP contribution in [0.2, 0.25) is 0 Å². The average molecular weight is 405 g/mol. The van der Waals surface area contributed by atoms with Crippen molar-refractivity contribution >= 4 is 28.0 Å². The van der Waals surface area contributed by atoms with E-state index in [1.54, 1.807) is 24.3 Å². The lowest BCUT2D eigenvalue weighted by Crippen LogP contribution is -2.48. The van der Waals surface area contributed by atoms with Gasteiger partial charge in [0.25, 0.3) is 0 Å². The molecule has 0 aliphatic heterocycles. The molecule has 0 saturated heterocycles. The molecule has 0 aliphatic carbocycles. The highest BCUT2D eigenvalue weighted by molar-refractivity contribution is 6.71. The van der Waals surface area contributed by atoms with Crippen LogP contribution >= 0.6 is 0 Å². The lowest BCUT2D eigenvalue weighted by Gasteiger charge is -2.10. The average Bonchev–Trinajstić information content (AvgIpc) is 3.01. The van der Waals surface area contributed by atoms with Gasteiger partial charge in [-0.25, -0.2) is 0 Å². The lowest BCUT2D eigenvalue weighted by molar-refractivity contribution is -0.692. The Morgan fingerprint density at radius 1 is 0.741 bits per heavy atom. The molecule has 0 amide bonds. The fraction of sp³-hybridized carbons (Fsp3) is 0.118. The molecule has 8 nitrogen and oxygen atoms in total. The summed E-state index contributed by atoms with van der Waals surface area (Å²) >= 11 is 0. The van der Waals surface area contributed by atoms with Crippen molar-refractivity contribution in [2.24, 2.45) is 0 Å². The fourth-order valence-electron chi connectivity index (χ4n) is 2.63. The zero-order chi connectivity index (χ0) is 19.7. The molecule has 0 saturated carbocycles. The third kappa shape index (κ3) is 5.18. The molecular formula is C17H20N2O6Si2. The van der Waals surface area contributed by atoms with Gasteiger partial charge in [0.1, 0.15) is 0 Å². The van der Waals surface area contributed by atoms with Crippen molar-refractivity contribution in [1.82, 2.24) is 4.57 Å². The van der Waals surface area contributed by atoms with Crippen LogP contribution in [0.15, 0.2) is 60.9 Å². The first-order chi connectivity index (χ1) is 12.6.